The molecule has 1 aliphatic carbocycles. The molecule has 1 aliphatic heterocycles. The molecule has 0 aromatic carbocycles. The summed E-state index contributed by atoms with van der Waals surface area (Å²) >= 11 is 0. The fraction of sp³-hybridized carbons (Fsp3) is 0.474. The Morgan fingerprint density at radius 2 is 2.12 bits per heavy atom. The minimum Gasteiger partial charge on any atom is -0.487 e. The number of carbonyl (C=O) groups is 1. The van der Waals surface area contributed by atoms with Gasteiger partial charge in [-0.3, -0.25) is 9.59 Å². The number of aromatic amines is 1. The summed E-state index contributed by atoms with van der Waals surface area (Å²) in [6.07, 6.45) is 8.59. The molecule has 0 spiro atoms. The van der Waals surface area contributed by atoms with Crippen molar-refractivity contribution in [2.45, 2.75) is 45.6 Å². The van der Waals surface area contributed by atoms with Gasteiger partial charge in [0.1, 0.15) is 12.4 Å². The van der Waals surface area contributed by atoms with Crippen molar-refractivity contribution in [1.29, 1.82) is 0 Å². The third-order valence-corrected chi connectivity index (χ3v) is 4.77. The molecule has 0 saturated heterocycles. The summed E-state index contributed by atoms with van der Waals surface area (Å²) in [5, 5.41) is 3.32. The SMILES string of the molecule is CC(C)N1CNC=C1C1=C(COc2c[nH]c(=O)cc2C=O)CCCC1. The highest BCUT2D eigenvalue weighted by Gasteiger charge is 2.25. The van der Waals surface area contributed by atoms with Crippen molar-refractivity contribution in [3.05, 3.63) is 51.2 Å². The van der Waals surface area contributed by atoms with Gasteiger partial charge < -0.3 is 19.9 Å². The summed E-state index contributed by atoms with van der Waals surface area (Å²) in [5.74, 6) is 0.422. The molecule has 1 aromatic rings. The lowest BCUT2D eigenvalue weighted by atomic mass is 9.89. The second kappa shape index (κ2) is 7.59. The maximum atomic E-state index is 11.3. The molecule has 0 unspecified atom stereocenters. The smallest absolute Gasteiger partial charge is 0.248 e. The van der Waals surface area contributed by atoms with E-state index < -0.39 is 0 Å². The predicted molar refractivity (Wildman–Crippen MR) is 96.5 cm³/mol. The summed E-state index contributed by atoms with van der Waals surface area (Å²) in [4.78, 5) is 27.4. The number of allylic oxidation sites excluding steroid dienone is 1. The second-order valence-electron chi connectivity index (χ2n) is 6.77. The third-order valence-electron chi connectivity index (χ3n) is 4.77. The van der Waals surface area contributed by atoms with Gasteiger partial charge in [-0.1, -0.05) is 0 Å². The maximum Gasteiger partial charge on any atom is 0.248 e. The number of nitrogens with zero attached hydrogens (tertiary/aromatic N) is 1. The quantitative estimate of drug-likeness (QED) is 0.777. The van der Waals surface area contributed by atoms with Crippen molar-refractivity contribution in [1.82, 2.24) is 15.2 Å². The Morgan fingerprint density at radius 3 is 2.88 bits per heavy atom. The van der Waals surface area contributed by atoms with Crippen LogP contribution in [0, 0.1) is 0 Å². The van der Waals surface area contributed by atoms with Crippen LogP contribution in [0.2, 0.25) is 0 Å². The number of ether oxygens (including phenoxy) is 1. The predicted octanol–water partition coefficient (Wildman–Crippen LogP) is 2.55. The first kappa shape index (κ1) is 17.3. The van der Waals surface area contributed by atoms with Crippen molar-refractivity contribution in [2.24, 2.45) is 0 Å². The van der Waals surface area contributed by atoms with Crippen molar-refractivity contribution in [2.75, 3.05) is 13.3 Å². The Hall–Kier alpha value is -2.50. The van der Waals surface area contributed by atoms with Crippen LogP contribution in [-0.2, 0) is 0 Å². The Bertz CT molecular complexity index is 761. The second-order valence-corrected chi connectivity index (χ2v) is 6.77. The molecule has 1 aromatic heterocycles. The van der Waals surface area contributed by atoms with Gasteiger partial charge in [0.15, 0.2) is 6.29 Å². The highest BCUT2D eigenvalue weighted by molar-refractivity contribution is 5.78. The molecule has 6 nitrogen and oxygen atoms in total. The van der Waals surface area contributed by atoms with E-state index in [1.54, 1.807) is 0 Å². The fourth-order valence-electron chi connectivity index (χ4n) is 3.42. The molecule has 2 N–H and O–H groups in total. The first-order valence-electron chi connectivity index (χ1n) is 8.82. The number of aromatic nitrogens is 1. The van der Waals surface area contributed by atoms with Crippen LogP contribution in [0.1, 0.15) is 49.9 Å². The number of hydrogen-bond acceptors (Lipinski definition) is 5. The van der Waals surface area contributed by atoms with Crippen LogP contribution in [0.4, 0.5) is 0 Å². The van der Waals surface area contributed by atoms with Crippen LogP contribution in [0.15, 0.2) is 40.1 Å². The molecule has 134 valence electrons. The lowest BCUT2D eigenvalue weighted by Gasteiger charge is -2.30. The zero-order chi connectivity index (χ0) is 17.8. The van der Waals surface area contributed by atoms with Crippen molar-refractivity contribution in [3.63, 3.8) is 0 Å². The van der Waals surface area contributed by atoms with E-state index in [0.717, 1.165) is 25.9 Å². The highest BCUT2D eigenvalue weighted by atomic mass is 16.5. The monoisotopic (exact) mass is 343 g/mol. The minimum atomic E-state index is -0.304. The number of nitrogens with one attached hydrogen (secondary N) is 2. The molecule has 2 heterocycles. The van der Waals surface area contributed by atoms with E-state index >= 15 is 0 Å². The molecule has 3 rings (SSSR count). The maximum absolute atomic E-state index is 11.3. The van der Waals surface area contributed by atoms with E-state index in [1.807, 2.05) is 0 Å². The van der Waals surface area contributed by atoms with Gasteiger partial charge in [-0.2, -0.15) is 0 Å². The molecule has 0 radical (unpaired) electrons. The zero-order valence-electron chi connectivity index (χ0n) is 14.8. The number of rotatable bonds is 6. The summed E-state index contributed by atoms with van der Waals surface area (Å²) < 4.78 is 5.88. The van der Waals surface area contributed by atoms with E-state index in [9.17, 15) is 9.59 Å². The largest absolute Gasteiger partial charge is 0.487 e. The summed E-state index contributed by atoms with van der Waals surface area (Å²) in [6.45, 7) is 5.65. The summed E-state index contributed by atoms with van der Waals surface area (Å²) in [5.41, 5.74) is 3.86. The number of carbonyl (C=O) groups excluding carboxylic acids is 1. The molecule has 0 atom stereocenters. The molecule has 2 aliphatic rings. The van der Waals surface area contributed by atoms with Crippen molar-refractivity contribution >= 4 is 6.29 Å². The van der Waals surface area contributed by atoms with Gasteiger partial charge in [0.05, 0.1) is 17.9 Å². The van der Waals surface area contributed by atoms with Gasteiger partial charge >= 0.3 is 0 Å². The Balaban J connectivity index is 1.83. The van der Waals surface area contributed by atoms with Gasteiger partial charge in [0, 0.05) is 24.5 Å². The van der Waals surface area contributed by atoms with Crippen LogP contribution in [0.3, 0.4) is 0 Å². The van der Waals surface area contributed by atoms with Gasteiger partial charge in [0.2, 0.25) is 5.56 Å². The van der Waals surface area contributed by atoms with Gasteiger partial charge in [-0.15, -0.1) is 0 Å². The molecule has 25 heavy (non-hydrogen) atoms. The van der Waals surface area contributed by atoms with Crippen molar-refractivity contribution in [3.8, 4) is 5.75 Å². The van der Waals surface area contributed by atoms with Crippen LogP contribution in [0.5, 0.6) is 5.75 Å². The normalized spacial score (nSPS) is 17.6. The molecule has 0 bridgehead atoms. The molecular weight excluding hydrogens is 318 g/mol. The third kappa shape index (κ3) is 3.78. The first-order valence-corrected chi connectivity index (χ1v) is 8.82. The van der Waals surface area contributed by atoms with Crippen LogP contribution in [-0.4, -0.2) is 35.5 Å². The Labute approximate surface area is 147 Å². The van der Waals surface area contributed by atoms with E-state index in [-0.39, 0.29) is 11.1 Å². The van der Waals surface area contributed by atoms with E-state index in [1.165, 1.54) is 35.5 Å². The highest BCUT2D eigenvalue weighted by Crippen LogP contribution is 2.33. The zero-order valence-corrected chi connectivity index (χ0v) is 14.8. The standard InChI is InChI=1S/C19H25N3O3/c1-13(2)22-12-20-8-17(22)16-6-4-3-5-14(16)11-25-18-9-21-19(24)7-15(18)10-23/h7-10,13,20H,3-6,11-12H2,1-2H3,(H,21,24). The number of aldehydes is 1. The van der Waals surface area contributed by atoms with E-state index in [2.05, 4.69) is 35.2 Å². The molecule has 0 fully saturated rings. The van der Waals surface area contributed by atoms with Crippen LogP contribution >= 0.6 is 0 Å². The van der Waals surface area contributed by atoms with Crippen LogP contribution < -0.4 is 15.6 Å². The van der Waals surface area contributed by atoms with Gasteiger partial charge in [-0.05, 0) is 50.7 Å². The molecule has 0 amide bonds. The minimum absolute atomic E-state index is 0.285. The fourth-order valence-corrected chi connectivity index (χ4v) is 3.42. The summed E-state index contributed by atoms with van der Waals surface area (Å²) in [7, 11) is 0. The molecular formula is C19H25N3O3. The number of pyridine rings is 1. The van der Waals surface area contributed by atoms with E-state index in [0.29, 0.717) is 24.7 Å². The Kier molecular flexibility index (Phi) is 5.26. The topological polar surface area (TPSA) is 74.4 Å². The average molecular weight is 343 g/mol. The van der Waals surface area contributed by atoms with Gasteiger partial charge in [-0.25, -0.2) is 0 Å². The Morgan fingerprint density at radius 1 is 1.32 bits per heavy atom. The first-order chi connectivity index (χ1) is 12.1. The summed E-state index contributed by atoms with van der Waals surface area (Å²) in [6, 6.07) is 1.70. The lowest BCUT2D eigenvalue weighted by Crippen LogP contribution is -2.31. The molecule has 6 heteroatoms. The number of H-pyrrole nitrogens is 1. The van der Waals surface area contributed by atoms with E-state index in [4.69, 9.17) is 4.74 Å². The van der Waals surface area contributed by atoms with Crippen LogP contribution in [0.25, 0.3) is 0 Å². The molecule has 0 saturated carbocycles. The van der Waals surface area contributed by atoms with Crippen molar-refractivity contribution < 1.29 is 9.53 Å². The lowest BCUT2D eigenvalue weighted by molar-refractivity contribution is 0.111. The van der Waals surface area contributed by atoms with Gasteiger partial charge in [0.25, 0.3) is 0 Å². The number of hydrogen-bond donors (Lipinski definition) is 2. The average Bonchev–Trinajstić information content (AvgIpc) is 3.10.